The predicted molar refractivity (Wildman–Crippen MR) is 76.8 cm³/mol. The van der Waals surface area contributed by atoms with Crippen LogP contribution in [0, 0.1) is 0 Å². The zero-order valence-electron chi connectivity index (χ0n) is 12.9. The molecule has 0 amide bonds. The molecule has 0 heterocycles. The summed E-state index contributed by atoms with van der Waals surface area (Å²) >= 11 is -0.766. The Morgan fingerprint density at radius 1 is 1.16 bits per heavy atom. The van der Waals surface area contributed by atoms with Crippen LogP contribution in [0.5, 0.6) is 11.5 Å². The monoisotopic (exact) mass is 384 g/mol. The molecule has 0 aliphatic rings. The van der Waals surface area contributed by atoms with Gasteiger partial charge in [0, 0.05) is 10.8 Å². The number of ether oxygens (including phenoxy) is 2. The number of phenols is 1. The number of halogens is 2. The molecule has 0 aliphatic heterocycles. The number of benzene rings is 2. The molecule has 1 N–H and O–H groups in total. The van der Waals surface area contributed by atoms with Gasteiger partial charge in [-0.2, -0.15) is 13.1 Å². The van der Waals surface area contributed by atoms with E-state index >= 15 is 0 Å². The van der Waals surface area contributed by atoms with E-state index in [1.807, 2.05) is 0 Å². The summed E-state index contributed by atoms with van der Waals surface area (Å²) in [5.74, 6) is -1.44. The average Bonchev–Trinajstić information content (AvgIpc) is 2.57. The molecule has 0 aliphatic carbocycles. The number of esters is 1. The SMILES string of the molecule is O=C(OCCOc1cccc2c(O)cccc12)C(F)(F)SOO[O-].[Na+]. The van der Waals surface area contributed by atoms with Crippen molar-refractivity contribution in [2.45, 2.75) is 5.25 Å². The Labute approximate surface area is 167 Å². The van der Waals surface area contributed by atoms with Gasteiger partial charge in [-0.25, -0.2) is 4.79 Å². The van der Waals surface area contributed by atoms with Crippen molar-refractivity contribution in [1.29, 1.82) is 0 Å². The number of hydrogen-bond donors (Lipinski definition) is 1. The Hall–Kier alpha value is -1.14. The molecular weight excluding hydrogens is 373 g/mol. The maximum absolute atomic E-state index is 13.1. The normalized spacial score (nSPS) is 11.0. The molecule has 2 aromatic rings. The fraction of sp³-hybridized carbons (Fsp3) is 0.214. The Morgan fingerprint density at radius 3 is 2.56 bits per heavy atom. The van der Waals surface area contributed by atoms with Crippen LogP contribution >= 0.6 is 12.0 Å². The van der Waals surface area contributed by atoms with Crippen molar-refractivity contribution in [1.82, 2.24) is 0 Å². The van der Waals surface area contributed by atoms with Crippen LogP contribution in [0.2, 0.25) is 0 Å². The van der Waals surface area contributed by atoms with Crippen molar-refractivity contribution >= 4 is 28.8 Å². The standard InChI is InChI=1S/C14H12F2O7S.Na/c15-14(16,24-23-22-19)13(18)21-8-7-20-12-6-2-3-9-10(12)4-1-5-11(9)17;/h1-6,17,19H,7-8H2;/q;+1/p-1. The van der Waals surface area contributed by atoms with Crippen molar-refractivity contribution in [2.75, 3.05) is 13.2 Å². The minimum Gasteiger partial charge on any atom is -0.691 e. The van der Waals surface area contributed by atoms with Gasteiger partial charge in [0.05, 0.1) is 0 Å². The van der Waals surface area contributed by atoms with Gasteiger partial charge in [-0.15, -0.1) is 0 Å². The first-order valence-corrected chi connectivity index (χ1v) is 7.23. The van der Waals surface area contributed by atoms with E-state index in [0.29, 0.717) is 16.5 Å². The summed E-state index contributed by atoms with van der Waals surface area (Å²) in [6.45, 7) is -0.650. The number of hydrogen-bond acceptors (Lipinski definition) is 8. The number of fused-ring (bicyclic) bond motifs is 1. The number of rotatable bonds is 8. The van der Waals surface area contributed by atoms with Crippen molar-refractivity contribution < 1.29 is 72.3 Å². The fourth-order valence-corrected chi connectivity index (χ4v) is 2.09. The predicted octanol–water partition coefficient (Wildman–Crippen LogP) is -1.06. The van der Waals surface area contributed by atoms with Crippen molar-refractivity contribution in [3.63, 3.8) is 0 Å². The summed E-state index contributed by atoms with van der Waals surface area (Å²) in [6, 6.07) is 9.80. The van der Waals surface area contributed by atoms with Gasteiger partial charge in [0.25, 0.3) is 0 Å². The van der Waals surface area contributed by atoms with Gasteiger partial charge in [0.1, 0.15) is 36.8 Å². The van der Waals surface area contributed by atoms with Gasteiger partial charge in [-0.3, -0.25) is 5.04 Å². The summed E-state index contributed by atoms with van der Waals surface area (Å²) in [6.07, 6.45) is 0. The van der Waals surface area contributed by atoms with Gasteiger partial charge in [0.2, 0.25) is 0 Å². The van der Waals surface area contributed by atoms with E-state index in [4.69, 9.17) is 4.74 Å². The smallest absolute Gasteiger partial charge is 0.691 e. The summed E-state index contributed by atoms with van der Waals surface area (Å²) in [7, 11) is 0. The molecule has 0 unspecified atom stereocenters. The Kier molecular flexibility index (Phi) is 8.86. The van der Waals surface area contributed by atoms with Crippen LogP contribution in [0.1, 0.15) is 0 Å². The molecule has 0 saturated heterocycles. The maximum Gasteiger partial charge on any atom is 1.00 e. The van der Waals surface area contributed by atoms with Gasteiger partial charge in [-0.1, -0.05) is 24.3 Å². The average molecular weight is 384 g/mol. The number of aromatic hydroxyl groups is 1. The van der Waals surface area contributed by atoms with Crippen LogP contribution in [0.15, 0.2) is 36.4 Å². The Balaban J connectivity index is 0.00000312. The summed E-state index contributed by atoms with van der Waals surface area (Å²) < 4.78 is 39.3. The van der Waals surface area contributed by atoms with Gasteiger partial charge in [0.15, 0.2) is 0 Å². The first-order valence-electron chi connectivity index (χ1n) is 6.48. The first-order chi connectivity index (χ1) is 11.5. The van der Waals surface area contributed by atoms with E-state index < -0.39 is 29.9 Å². The third-order valence-electron chi connectivity index (χ3n) is 2.84. The van der Waals surface area contributed by atoms with Gasteiger partial charge < -0.3 is 19.8 Å². The Bertz CT molecular complexity index is 717. The van der Waals surface area contributed by atoms with Crippen LogP contribution in [0.4, 0.5) is 8.78 Å². The summed E-state index contributed by atoms with van der Waals surface area (Å²) in [5.41, 5.74) is 0. The molecule has 0 saturated carbocycles. The van der Waals surface area contributed by atoms with Crippen LogP contribution < -0.4 is 39.6 Å². The number of alkyl halides is 2. The second kappa shape index (κ2) is 10.1. The van der Waals surface area contributed by atoms with Gasteiger partial charge >= 0.3 is 40.8 Å². The van der Waals surface area contributed by atoms with Crippen LogP contribution in [-0.2, 0) is 18.9 Å². The van der Waals surface area contributed by atoms with E-state index in [0.717, 1.165) is 0 Å². The summed E-state index contributed by atoms with van der Waals surface area (Å²) in [4.78, 5) is 11.1. The first kappa shape index (κ1) is 21.9. The third-order valence-corrected chi connectivity index (χ3v) is 3.34. The van der Waals surface area contributed by atoms with Gasteiger partial charge in [-0.05, 0) is 12.1 Å². The number of carbonyl (C=O) groups is 1. The molecular formula is C14H11F2NaO7S. The molecule has 2 aromatic carbocycles. The minimum absolute atomic E-state index is 0. The van der Waals surface area contributed by atoms with E-state index in [-0.39, 0.29) is 41.9 Å². The molecule has 2 rings (SSSR count). The van der Waals surface area contributed by atoms with E-state index in [9.17, 15) is 23.9 Å². The number of carbonyl (C=O) groups excluding carboxylic acids is 1. The van der Waals surface area contributed by atoms with Crippen molar-refractivity contribution in [2.24, 2.45) is 0 Å². The molecule has 25 heavy (non-hydrogen) atoms. The zero-order valence-corrected chi connectivity index (χ0v) is 15.8. The molecule has 0 radical (unpaired) electrons. The molecule has 0 spiro atoms. The van der Waals surface area contributed by atoms with Crippen molar-refractivity contribution in [3.8, 4) is 11.5 Å². The maximum atomic E-state index is 13.1. The van der Waals surface area contributed by atoms with Crippen LogP contribution in [0.25, 0.3) is 10.8 Å². The second-order valence-corrected chi connectivity index (χ2v) is 5.16. The topological polar surface area (TPSA) is 97.3 Å². The Morgan fingerprint density at radius 2 is 1.84 bits per heavy atom. The van der Waals surface area contributed by atoms with E-state index in [2.05, 4.69) is 14.1 Å². The molecule has 7 nitrogen and oxygen atoms in total. The fourth-order valence-electron chi connectivity index (χ4n) is 1.85. The van der Waals surface area contributed by atoms with E-state index in [1.165, 1.54) is 6.07 Å². The van der Waals surface area contributed by atoms with Crippen LogP contribution in [0.3, 0.4) is 0 Å². The molecule has 130 valence electrons. The minimum atomic E-state index is -4.09. The van der Waals surface area contributed by atoms with Crippen molar-refractivity contribution in [3.05, 3.63) is 36.4 Å². The van der Waals surface area contributed by atoms with Crippen LogP contribution in [-0.4, -0.2) is 29.5 Å². The zero-order chi connectivity index (χ0) is 17.6. The molecule has 11 heteroatoms. The largest absolute Gasteiger partial charge is 1.00 e. The molecule has 0 fully saturated rings. The molecule has 0 atom stereocenters. The number of phenolic OH excluding ortho intramolecular Hbond substituents is 1. The van der Waals surface area contributed by atoms with E-state index in [1.54, 1.807) is 30.3 Å². The second-order valence-electron chi connectivity index (χ2n) is 4.35. The summed E-state index contributed by atoms with van der Waals surface area (Å²) in [5, 5.41) is 19.1. The molecule has 0 bridgehead atoms. The third kappa shape index (κ3) is 5.96. The molecule has 0 aromatic heterocycles. The quantitative estimate of drug-likeness (QED) is 0.154.